The topological polar surface area (TPSA) is 75.4 Å². The highest BCUT2D eigenvalue weighted by atomic mass is 16.5. The summed E-state index contributed by atoms with van der Waals surface area (Å²) >= 11 is 0. The van der Waals surface area contributed by atoms with Crippen LogP contribution in [-0.4, -0.2) is 21.9 Å². The summed E-state index contributed by atoms with van der Waals surface area (Å²) in [5.41, 5.74) is 4.20. The first-order valence-electron chi connectivity index (χ1n) is 8.31. The van der Waals surface area contributed by atoms with Gasteiger partial charge in [-0.25, -0.2) is 0 Å². The molecule has 2 heterocycles. The fourth-order valence-corrected chi connectivity index (χ4v) is 3.19. The molecule has 1 aliphatic rings. The molecule has 6 nitrogen and oxygen atoms in total. The molecule has 6 heteroatoms. The molecule has 0 fully saturated rings. The second-order valence-corrected chi connectivity index (χ2v) is 6.25. The van der Waals surface area contributed by atoms with E-state index in [-0.39, 0.29) is 5.82 Å². The maximum Gasteiger partial charge on any atom is 0.315 e. The molecule has 130 valence electrons. The third-order valence-corrected chi connectivity index (χ3v) is 4.40. The van der Waals surface area contributed by atoms with Crippen molar-refractivity contribution in [3.8, 4) is 11.1 Å². The van der Waals surface area contributed by atoms with Crippen LogP contribution in [0.15, 0.2) is 59.1 Å². The van der Waals surface area contributed by atoms with Crippen LogP contribution in [0.2, 0.25) is 0 Å². The number of rotatable bonds is 1. The van der Waals surface area contributed by atoms with Gasteiger partial charge in [0, 0.05) is 19.2 Å². The molecule has 0 bridgehead atoms. The SMILES string of the molecule is Cc1cc(NC(=O)C(=O)N2Cc3ccccc3-c3ccccc3C2)no1. The Labute approximate surface area is 150 Å². The van der Waals surface area contributed by atoms with Gasteiger partial charge in [0.15, 0.2) is 5.82 Å². The van der Waals surface area contributed by atoms with Crippen molar-refractivity contribution in [2.45, 2.75) is 20.0 Å². The van der Waals surface area contributed by atoms with E-state index in [1.165, 1.54) is 0 Å². The predicted molar refractivity (Wildman–Crippen MR) is 96.0 cm³/mol. The van der Waals surface area contributed by atoms with E-state index in [0.29, 0.717) is 18.8 Å². The Hall–Kier alpha value is -3.41. The molecular formula is C20H17N3O3. The van der Waals surface area contributed by atoms with E-state index in [0.717, 1.165) is 22.3 Å². The molecule has 3 aromatic rings. The van der Waals surface area contributed by atoms with Gasteiger partial charge in [0.2, 0.25) is 0 Å². The molecule has 0 saturated carbocycles. The molecule has 1 N–H and O–H groups in total. The summed E-state index contributed by atoms with van der Waals surface area (Å²) in [7, 11) is 0. The van der Waals surface area contributed by atoms with Crippen molar-refractivity contribution in [2.24, 2.45) is 0 Å². The van der Waals surface area contributed by atoms with E-state index in [1.54, 1.807) is 17.9 Å². The number of hydrogen-bond donors (Lipinski definition) is 1. The van der Waals surface area contributed by atoms with E-state index in [9.17, 15) is 9.59 Å². The van der Waals surface area contributed by atoms with Crippen LogP contribution >= 0.6 is 0 Å². The second-order valence-electron chi connectivity index (χ2n) is 6.25. The number of fused-ring (bicyclic) bond motifs is 3. The van der Waals surface area contributed by atoms with E-state index in [2.05, 4.69) is 10.5 Å². The van der Waals surface area contributed by atoms with Gasteiger partial charge in [0.25, 0.3) is 0 Å². The van der Waals surface area contributed by atoms with Gasteiger partial charge < -0.3 is 9.42 Å². The van der Waals surface area contributed by atoms with E-state index >= 15 is 0 Å². The minimum atomic E-state index is -0.727. The zero-order valence-electron chi connectivity index (χ0n) is 14.2. The molecule has 0 spiro atoms. The number of aromatic nitrogens is 1. The van der Waals surface area contributed by atoms with E-state index < -0.39 is 11.8 Å². The van der Waals surface area contributed by atoms with Gasteiger partial charge in [-0.15, -0.1) is 0 Å². The van der Waals surface area contributed by atoms with Crippen molar-refractivity contribution in [3.63, 3.8) is 0 Å². The Balaban J connectivity index is 1.63. The average molecular weight is 347 g/mol. The molecule has 2 aromatic carbocycles. The highest BCUT2D eigenvalue weighted by Crippen LogP contribution is 2.32. The summed E-state index contributed by atoms with van der Waals surface area (Å²) in [5.74, 6) is -0.533. The number of nitrogens with one attached hydrogen (secondary N) is 1. The summed E-state index contributed by atoms with van der Waals surface area (Å²) in [6, 6.07) is 17.5. The number of carbonyl (C=O) groups is 2. The zero-order chi connectivity index (χ0) is 18.1. The normalized spacial score (nSPS) is 12.7. The van der Waals surface area contributed by atoms with Crippen LogP contribution in [0, 0.1) is 6.92 Å². The Kier molecular flexibility index (Phi) is 4.01. The zero-order valence-corrected chi connectivity index (χ0v) is 14.2. The van der Waals surface area contributed by atoms with E-state index in [4.69, 9.17) is 4.52 Å². The van der Waals surface area contributed by atoms with Gasteiger partial charge in [-0.3, -0.25) is 14.9 Å². The molecule has 0 unspecified atom stereocenters. The summed E-state index contributed by atoms with van der Waals surface area (Å²) in [6.45, 7) is 2.46. The molecule has 0 saturated heterocycles. The highest BCUT2D eigenvalue weighted by molar-refractivity contribution is 6.39. The monoisotopic (exact) mass is 347 g/mol. The third-order valence-electron chi connectivity index (χ3n) is 4.40. The molecule has 0 atom stereocenters. The lowest BCUT2D eigenvalue weighted by molar-refractivity contribution is -0.144. The fourth-order valence-electron chi connectivity index (χ4n) is 3.19. The molecule has 4 rings (SSSR count). The molecule has 26 heavy (non-hydrogen) atoms. The van der Waals surface area contributed by atoms with Gasteiger partial charge in [-0.05, 0) is 29.2 Å². The lowest BCUT2D eigenvalue weighted by Crippen LogP contribution is -2.38. The number of benzene rings is 2. The first-order chi connectivity index (χ1) is 12.6. The van der Waals surface area contributed by atoms with Crippen molar-refractivity contribution >= 4 is 17.6 Å². The number of amides is 2. The molecular weight excluding hydrogens is 330 g/mol. The van der Waals surface area contributed by atoms with Crippen molar-refractivity contribution in [1.82, 2.24) is 10.1 Å². The van der Waals surface area contributed by atoms with Crippen molar-refractivity contribution < 1.29 is 14.1 Å². The molecule has 1 aliphatic heterocycles. The number of nitrogens with zero attached hydrogens (tertiary/aromatic N) is 2. The summed E-state index contributed by atoms with van der Waals surface area (Å²) in [4.78, 5) is 26.7. The minimum absolute atomic E-state index is 0.233. The van der Waals surface area contributed by atoms with Crippen LogP contribution in [0.25, 0.3) is 11.1 Å². The van der Waals surface area contributed by atoms with Crippen LogP contribution in [0.1, 0.15) is 16.9 Å². The summed E-state index contributed by atoms with van der Waals surface area (Å²) in [5, 5.41) is 6.19. The van der Waals surface area contributed by atoms with Crippen molar-refractivity contribution in [2.75, 3.05) is 5.32 Å². The maximum atomic E-state index is 12.7. The fraction of sp³-hybridized carbons (Fsp3) is 0.150. The largest absolute Gasteiger partial charge is 0.360 e. The molecule has 0 radical (unpaired) electrons. The first-order valence-corrected chi connectivity index (χ1v) is 8.31. The molecule has 2 amide bonds. The Morgan fingerprint density at radius 2 is 1.58 bits per heavy atom. The Morgan fingerprint density at radius 1 is 1.00 bits per heavy atom. The highest BCUT2D eigenvalue weighted by Gasteiger charge is 2.27. The predicted octanol–water partition coefficient (Wildman–Crippen LogP) is 3.13. The summed E-state index contributed by atoms with van der Waals surface area (Å²) in [6.07, 6.45) is 0. The average Bonchev–Trinajstić information content (AvgIpc) is 2.98. The number of carbonyl (C=O) groups excluding carboxylic acids is 2. The molecule has 0 aliphatic carbocycles. The van der Waals surface area contributed by atoms with Crippen LogP contribution in [0.5, 0.6) is 0 Å². The van der Waals surface area contributed by atoms with Gasteiger partial charge in [-0.2, -0.15) is 0 Å². The van der Waals surface area contributed by atoms with Gasteiger partial charge in [0.05, 0.1) is 0 Å². The maximum absolute atomic E-state index is 12.7. The van der Waals surface area contributed by atoms with Gasteiger partial charge >= 0.3 is 11.8 Å². The standard InChI is InChI=1S/C20H17N3O3/c1-13-10-18(22-26-13)21-19(24)20(25)23-11-14-6-2-4-8-16(14)17-9-5-3-7-15(17)12-23/h2-10H,11-12H2,1H3,(H,21,22,24). The van der Waals surface area contributed by atoms with Gasteiger partial charge in [0.1, 0.15) is 5.76 Å². The van der Waals surface area contributed by atoms with Crippen molar-refractivity contribution in [1.29, 1.82) is 0 Å². The molecule has 1 aromatic heterocycles. The minimum Gasteiger partial charge on any atom is -0.360 e. The second kappa shape index (κ2) is 6.48. The smallest absolute Gasteiger partial charge is 0.315 e. The Morgan fingerprint density at radius 3 is 2.12 bits per heavy atom. The van der Waals surface area contributed by atoms with E-state index in [1.807, 2.05) is 48.5 Å². The lowest BCUT2D eigenvalue weighted by Gasteiger charge is -2.20. The quantitative estimate of drug-likeness (QED) is 0.686. The van der Waals surface area contributed by atoms with Crippen LogP contribution in [0.4, 0.5) is 5.82 Å². The van der Waals surface area contributed by atoms with Crippen LogP contribution in [0.3, 0.4) is 0 Å². The van der Waals surface area contributed by atoms with Crippen LogP contribution < -0.4 is 5.32 Å². The number of hydrogen-bond acceptors (Lipinski definition) is 4. The van der Waals surface area contributed by atoms with Crippen LogP contribution in [-0.2, 0) is 22.7 Å². The third kappa shape index (κ3) is 2.97. The Bertz CT molecular complexity index is 946. The number of anilines is 1. The number of aryl methyl sites for hydroxylation is 1. The lowest BCUT2D eigenvalue weighted by atomic mass is 9.97. The first kappa shape index (κ1) is 16.1. The van der Waals surface area contributed by atoms with Crippen molar-refractivity contribution in [3.05, 3.63) is 71.5 Å². The van der Waals surface area contributed by atoms with Gasteiger partial charge in [-0.1, -0.05) is 53.7 Å². The summed E-state index contributed by atoms with van der Waals surface area (Å²) < 4.78 is 4.91.